The SMILES string of the molecule is FC(Cc1ccoc1)C1CCCN1. The number of halogens is 1. The molecule has 1 N–H and O–H groups in total. The van der Waals surface area contributed by atoms with Gasteiger partial charge in [-0.25, -0.2) is 4.39 Å². The maximum Gasteiger partial charge on any atom is 0.119 e. The van der Waals surface area contributed by atoms with Crippen molar-refractivity contribution >= 4 is 0 Å². The molecule has 0 radical (unpaired) electrons. The summed E-state index contributed by atoms with van der Waals surface area (Å²) < 4.78 is 18.5. The van der Waals surface area contributed by atoms with Gasteiger partial charge < -0.3 is 9.73 Å². The van der Waals surface area contributed by atoms with Crippen LogP contribution in [0.3, 0.4) is 0 Å². The van der Waals surface area contributed by atoms with Crippen LogP contribution in [0, 0.1) is 0 Å². The highest BCUT2D eigenvalue weighted by atomic mass is 19.1. The quantitative estimate of drug-likeness (QED) is 0.774. The van der Waals surface area contributed by atoms with Crippen molar-refractivity contribution in [2.75, 3.05) is 6.54 Å². The van der Waals surface area contributed by atoms with E-state index in [9.17, 15) is 4.39 Å². The number of hydrogen-bond acceptors (Lipinski definition) is 2. The van der Waals surface area contributed by atoms with Gasteiger partial charge in [0.2, 0.25) is 0 Å². The molecule has 1 fully saturated rings. The molecular formula is C10H14FNO. The van der Waals surface area contributed by atoms with E-state index in [2.05, 4.69) is 5.32 Å². The summed E-state index contributed by atoms with van der Waals surface area (Å²) in [6, 6.07) is 1.87. The maximum absolute atomic E-state index is 13.6. The van der Waals surface area contributed by atoms with E-state index in [4.69, 9.17) is 4.42 Å². The molecule has 0 bridgehead atoms. The Morgan fingerprint density at radius 3 is 3.23 bits per heavy atom. The first-order chi connectivity index (χ1) is 6.36. The van der Waals surface area contributed by atoms with Gasteiger partial charge in [0.25, 0.3) is 0 Å². The van der Waals surface area contributed by atoms with Crippen LogP contribution in [0.4, 0.5) is 4.39 Å². The van der Waals surface area contributed by atoms with Gasteiger partial charge in [0.15, 0.2) is 0 Å². The molecular weight excluding hydrogens is 169 g/mol. The predicted molar refractivity (Wildman–Crippen MR) is 48.3 cm³/mol. The lowest BCUT2D eigenvalue weighted by Gasteiger charge is -2.14. The molecule has 13 heavy (non-hydrogen) atoms. The molecule has 2 unspecified atom stereocenters. The van der Waals surface area contributed by atoms with E-state index in [-0.39, 0.29) is 6.04 Å². The molecule has 0 saturated carbocycles. The van der Waals surface area contributed by atoms with E-state index in [0.29, 0.717) is 6.42 Å². The Morgan fingerprint density at radius 2 is 2.62 bits per heavy atom. The smallest absolute Gasteiger partial charge is 0.119 e. The molecule has 1 aromatic heterocycles. The molecule has 0 aliphatic carbocycles. The van der Waals surface area contributed by atoms with Crippen LogP contribution in [0.2, 0.25) is 0 Å². The first kappa shape index (κ1) is 8.75. The highest BCUT2D eigenvalue weighted by Gasteiger charge is 2.24. The van der Waals surface area contributed by atoms with E-state index in [1.165, 1.54) is 0 Å². The summed E-state index contributed by atoms with van der Waals surface area (Å²) in [4.78, 5) is 0. The third-order valence-electron chi connectivity index (χ3n) is 2.55. The van der Waals surface area contributed by atoms with Crippen LogP contribution < -0.4 is 5.32 Å². The number of hydrogen-bond donors (Lipinski definition) is 1. The van der Waals surface area contributed by atoms with Crippen LogP contribution in [0.5, 0.6) is 0 Å². The van der Waals surface area contributed by atoms with Gasteiger partial charge in [-0.1, -0.05) is 0 Å². The summed E-state index contributed by atoms with van der Waals surface area (Å²) in [6.07, 6.45) is 4.94. The third-order valence-corrected chi connectivity index (χ3v) is 2.55. The molecule has 2 rings (SSSR count). The first-order valence-corrected chi connectivity index (χ1v) is 4.75. The summed E-state index contributed by atoms with van der Waals surface area (Å²) in [7, 11) is 0. The van der Waals surface area contributed by atoms with Gasteiger partial charge in [-0.05, 0) is 31.0 Å². The molecule has 1 aliphatic heterocycles. The van der Waals surface area contributed by atoms with Crippen LogP contribution in [0.1, 0.15) is 18.4 Å². The van der Waals surface area contributed by atoms with E-state index in [1.807, 2.05) is 6.07 Å². The molecule has 3 heteroatoms. The molecule has 0 spiro atoms. The molecule has 72 valence electrons. The normalized spacial score (nSPS) is 24.8. The summed E-state index contributed by atoms with van der Waals surface area (Å²) in [5.41, 5.74) is 0.946. The van der Waals surface area contributed by atoms with Crippen molar-refractivity contribution in [1.82, 2.24) is 5.32 Å². The fraction of sp³-hybridized carbons (Fsp3) is 0.600. The second kappa shape index (κ2) is 3.92. The zero-order chi connectivity index (χ0) is 9.10. The third kappa shape index (κ3) is 2.10. The minimum atomic E-state index is -0.778. The minimum absolute atomic E-state index is 0.0508. The predicted octanol–water partition coefficient (Wildman–Crippen LogP) is 1.91. The van der Waals surface area contributed by atoms with Crippen LogP contribution in [-0.2, 0) is 6.42 Å². The van der Waals surface area contributed by atoms with E-state index in [0.717, 1.165) is 24.9 Å². The largest absolute Gasteiger partial charge is 0.472 e. The average molecular weight is 183 g/mol. The van der Waals surface area contributed by atoms with Crippen molar-refractivity contribution in [2.45, 2.75) is 31.5 Å². The minimum Gasteiger partial charge on any atom is -0.472 e. The van der Waals surface area contributed by atoms with Crippen LogP contribution in [0.25, 0.3) is 0 Å². The van der Waals surface area contributed by atoms with E-state index in [1.54, 1.807) is 12.5 Å². The molecule has 1 aromatic rings. The van der Waals surface area contributed by atoms with E-state index < -0.39 is 6.17 Å². The summed E-state index contributed by atoms with van der Waals surface area (Å²) in [6.45, 7) is 0.955. The average Bonchev–Trinajstić information content (AvgIpc) is 2.74. The van der Waals surface area contributed by atoms with Gasteiger partial charge >= 0.3 is 0 Å². The second-order valence-electron chi connectivity index (χ2n) is 3.55. The topological polar surface area (TPSA) is 25.2 Å². The summed E-state index contributed by atoms with van der Waals surface area (Å²) in [5.74, 6) is 0. The van der Waals surface area contributed by atoms with E-state index >= 15 is 0 Å². The Hall–Kier alpha value is -0.830. The Kier molecular flexibility index (Phi) is 2.64. The monoisotopic (exact) mass is 183 g/mol. The lowest BCUT2D eigenvalue weighted by Crippen LogP contribution is -2.33. The van der Waals surface area contributed by atoms with Crippen LogP contribution >= 0.6 is 0 Å². The van der Waals surface area contributed by atoms with Crippen LogP contribution in [-0.4, -0.2) is 18.8 Å². The van der Waals surface area contributed by atoms with Crippen molar-refractivity contribution in [2.24, 2.45) is 0 Å². The number of rotatable bonds is 3. The zero-order valence-corrected chi connectivity index (χ0v) is 7.50. The van der Waals surface area contributed by atoms with Gasteiger partial charge in [0.05, 0.1) is 12.5 Å². The molecule has 1 saturated heterocycles. The number of alkyl halides is 1. The molecule has 2 heterocycles. The lowest BCUT2D eigenvalue weighted by atomic mass is 10.0. The Bertz CT molecular complexity index is 241. The van der Waals surface area contributed by atoms with Gasteiger partial charge in [-0.2, -0.15) is 0 Å². The number of nitrogens with one attached hydrogen (secondary N) is 1. The van der Waals surface area contributed by atoms with Crippen molar-refractivity contribution in [3.8, 4) is 0 Å². The highest BCUT2D eigenvalue weighted by Crippen LogP contribution is 2.16. The Morgan fingerprint density at radius 1 is 1.69 bits per heavy atom. The zero-order valence-electron chi connectivity index (χ0n) is 7.50. The van der Waals surface area contributed by atoms with Gasteiger partial charge in [0.1, 0.15) is 6.17 Å². The second-order valence-corrected chi connectivity index (χ2v) is 3.55. The van der Waals surface area contributed by atoms with Gasteiger partial charge in [-0.15, -0.1) is 0 Å². The van der Waals surface area contributed by atoms with Gasteiger partial charge in [0, 0.05) is 12.5 Å². The van der Waals surface area contributed by atoms with Crippen LogP contribution in [0.15, 0.2) is 23.0 Å². The maximum atomic E-state index is 13.6. The summed E-state index contributed by atoms with van der Waals surface area (Å²) in [5, 5.41) is 3.16. The van der Waals surface area contributed by atoms with Gasteiger partial charge in [-0.3, -0.25) is 0 Å². The molecule has 2 atom stereocenters. The fourth-order valence-electron chi connectivity index (χ4n) is 1.80. The lowest BCUT2D eigenvalue weighted by molar-refractivity contribution is 0.263. The van der Waals surface area contributed by atoms with Crippen molar-refractivity contribution in [1.29, 1.82) is 0 Å². The molecule has 2 nitrogen and oxygen atoms in total. The Labute approximate surface area is 77.1 Å². The van der Waals surface area contributed by atoms with Crippen molar-refractivity contribution in [3.05, 3.63) is 24.2 Å². The van der Waals surface area contributed by atoms with Crippen molar-refractivity contribution < 1.29 is 8.81 Å². The Balaban J connectivity index is 1.87. The fourth-order valence-corrected chi connectivity index (χ4v) is 1.80. The molecule has 0 aromatic carbocycles. The first-order valence-electron chi connectivity index (χ1n) is 4.75. The van der Waals surface area contributed by atoms with Crippen molar-refractivity contribution in [3.63, 3.8) is 0 Å². The number of furan rings is 1. The molecule has 1 aliphatic rings. The molecule has 0 amide bonds. The summed E-state index contributed by atoms with van der Waals surface area (Å²) >= 11 is 0. The standard InChI is InChI=1S/C10H14FNO/c11-9(10-2-1-4-12-10)6-8-3-5-13-7-8/h3,5,7,9-10,12H,1-2,4,6H2. The highest BCUT2D eigenvalue weighted by molar-refractivity contribution is 5.07.